The number of benzene rings is 1. The lowest BCUT2D eigenvalue weighted by Crippen LogP contribution is -2.50. The monoisotopic (exact) mass is 279 g/mol. The Morgan fingerprint density at radius 1 is 1.42 bits per heavy atom. The summed E-state index contributed by atoms with van der Waals surface area (Å²) in [5, 5.41) is 0. The molecule has 19 heavy (non-hydrogen) atoms. The van der Waals surface area contributed by atoms with E-state index < -0.39 is 17.6 Å². The van der Waals surface area contributed by atoms with E-state index in [4.69, 9.17) is 16.3 Å². The van der Waals surface area contributed by atoms with Crippen LogP contribution in [0.5, 0.6) is 0 Å². The third kappa shape index (κ3) is 1.59. The van der Waals surface area contributed by atoms with Gasteiger partial charge in [0.1, 0.15) is 0 Å². The van der Waals surface area contributed by atoms with E-state index in [1.807, 2.05) is 12.1 Å². The summed E-state index contributed by atoms with van der Waals surface area (Å²) >= 11 is 6.05. The Balaban J connectivity index is 2.19. The second kappa shape index (κ2) is 4.23. The Bertz CT molecular complexity index is 572. The van der Waals surface area contributed by atoms with Gasteiger partial charge < -0.3 is 4.74 Å². The van der Waals surface area contributed by atoms with Crippen molar-refractivity contribution in [3.05, 3.63) is 34.9 Å². The van der Waals surface area contributed by atoms with Gasteiger partial charge in [0.2, 0.25) is 5.72 Å². The Morgan fingerprint density at radius 2 is 2.21 bits per heavy atom. The van der Waals surface area contributed by atoms with Gasteiger partial charge in [0.05, 0.1) is 5.88 Å². The minimum absolute atomic E-state index is 0.0602. The second-order valence-electron chi connectivity index (χ2n) is 4.86. The number of carbonyl (C=O) groups excluding carboxylic acids is 2. The first-order chi connectivity index (χ1) is 9.12. The van der Waals surface area contributed by atoms with Gasteiger partial charge >= 0.3 is 11.9 Å². The van der Waals surface area contributed by atoms with Crippen LogP contribution >= 0.6 is 11.6 Å². The summed E-state index contributed by atoms with van der Waals surface area (Å²) in [4.78, 5) is 24.9. The van der Waals surface area contributed by atoms with E-state index in [9.17, 15) is 9.59 Å². The average Bonchev–Trinajstić information content (AvgIpc) is 2.71. The van der Waals surface area contributed by atoms with Crippen molar-refractivity contribution < 1.29 is 14.3 Å². The molecule has 1 saturated heterocycles. The summed E-state index contributed by atoms with van der Waals surface area (Å²) in [5.41, 5.74) is 1.98. The number of alkyl halides is 1. The normalized spacial score (nSPS) is 25.1. The lowest BCUT2D eigenvalue weighted by atomic mass is 9.89. The van der Waals surface area contributed by atoms with Gasteiger partial charge in [-0.25, -0.2) is 4.79 Å². The van der Waals surface area contributed by atoms with Crippen LogP contribution in [0.1, 0.15) is 23.6 Å². The highest BCUT2D eigenvalue weighted by molar-refractivity contribution is 6.34. The zero-order valence-corrected chi connectivity index (χ0v) is 11.4. The first-order valence-electron chi connectivity index (χ1n) is 6.35. The fourth-order valence-electron chi connectivity index (χ4n) is 2.84. The number of carbonyl (C=O) groups is 2. The predicted molar refractivity (Wildman–Crippen MR) is 69.7 cm³/mol. The van der Waals surface area contributed by atoms with Crippen LogP contribution < -0.4 is 0 Å². The summed E-state index contributed by atoms with van der Waals surface area (Å²) in [7, 11) is 0. The number of ether oxygens (including phenoxy) is 1. The van der Waals surface area contributed by atoms with Crippen LogP contribution in [0.25, 0.3) is 0 Å². The number of hydrogen-bond acceptors (Lipinski definition) is 3. The van der Waals surface area contributed by atoms with Crippen LogP contribution in [-0.2, 0) is 32.9 Å². The Hall–Kier alpha value is -1.55. The smallest absolute Gasteiger partial charge is 0.399 e. The Kier molecular flexibility index (Phi) is 2.78. The molecule has 5 heteroatoms. The molecule has 0 bridgehead atoms. The summed E-state index contributed by atoms with van der Waals surface area (Å²) in [6, 6.07) is 6.10. The summed E-state index contributed by atoms with van der Waals surface area (Å²) in [6.45, 7) is 2.53. The summed E-state index contributed by atoms with van der Waals surface area (Å²) in [6.07, 6.45) is 1.61. The van der Waals surface area contributed by atoms with E-state index >= 15 is 0 Å². The number of nitrogens with zero attached hydrogens (tertiary/aromatic N) is 1. The van der Waals surface area contributed by atoms with Gasteiger partial charge in [-0.15, -0.1) is 11.6 Å². The van der Waals surface area contributed by atoms with Crippen LogP contribution in [0.4, 0.5) is 0 Å². The van der Waals surface area contributed by atoms with Gasteiger partial charge in [-0.2, -0.15) is 0 Å². The summed E-state index contributed by atoms with van der Waals surface area (Å²) in [5.74, 6) is -1.34. The molecule has 2 heterocycles. The molecule has 2 aliphatic heterocycles. The molecule has 0 aliphatic carbocycles. The first kappa shape index (κ1) is 12.5. The zero-order valence-electron chi connectivity index (χ0n) is 10.6. The molecule has 4 nitrogen and oxygen atoms in total. The van der Waals surface area contributed by atoms with Crippen molar-refractivity contribution in [2.24, 2.45) is 0 Å². The van der Waals surface area contributed by atoms with Crippen molar-refractivity contribution in [1.29, 1.82) is 0 Å². The number of rotatable bonds is 2. The highest BCUT2D eigenvalue weighted by atomic mass is 35.5. The lowest BCUT2D eigenvalue weighted by Gasteiger charge is -2.39. The fourth-order valence-corrected chi connectivity index (χ4v) is 3.18. The molecule has 1 aromatic carbocycles. The van der Waals surface area contributed by atoms with Crippen LogP contribution in [0.2, 0.25) is 0 Å². The van der Waals surface area contributed by atoms with Gasteiger partial charge in [-0.3, -0.25) is 9.69 Å². The highest BCUT2D eigenvalue weighted by Gasteiger charge is 2.56. The van der Waals surface area contributed by atoms with Crippen LogP contribution in [0.3, 0.4) is 0 Å². The zero-order chi connectivity index (χ0) is 13.6. The fraction of sp³-hybridized carbons (Fsp3) is 0.429. The van der Waals surface area contributed by atoms with Crippen molar-refractivity contribution in [3.63, 3.8) is 0 Å². The predicted octanol–water partition coefficient (Wildman–Crippen LogP) is 1.58. The van der Waals surface area contributed by atoms with E-state index in [2.05, 4.69) is 13.0 Å². The van der Waals surface area contributed by atoms with Crippen LogP contribution in [-0.4, -0.2) is 29.2 Å². The number of halogens is 1. The van der Waals surface area contributed by atoms with Gasteiger partial charge in [0.15, 0.2) is 0 Å². The van der Waals surface area contributed by atoms with E-state index in [0.717, 1.165) is 29.5 Å². The van der Waals surface area contributed by atoms with Crippen molar-refractivity contribution >= 4 is 23.5 Å². The van der Waals surface area contributed by atoms with Crippen LogP contribution in [0.15, 0.2) is 18.2 Å². The Morgan fingerprint density at radius 3 is 2.89 bits per heavy atom. The van der Waals surface area contributed by atoms with Gasteiger partial charge in [-0.05, 0) is 30.0 Å². The number of esters is 1. The second-order valence-corrected chi connectivity index (χ2v) is 5.13. The van der Waals surface area contributed by atoms with E-state index in [0.29, 0.717) is 6.54 Å². The lowest BCUT2D eigenvalue weighted by molar-refractivity contribution is -0.154. The molecule has 2 aliphatic rings. The summed E-state index contributed by atoms with van der Waals surface area (Å²) < 4.78 is 5.35. The number of fused-ring (bicyclic) bond motifs is 3. The highest BCUT2D eigenvalue weighted by Crippen LogP contribution is 2.42. The standard InChI is InChI=1S/C14H14ClNO3/c1-2-9-3-4-10-5-6-16-12(17)13(18)19-14(16,8-15)11(10)7-9/h3-4,7H,2,5-6,8H2,1H3. The molecule has 0 spiro atoms. The average molecular weight is 280 g/mol. The van der Waals surface area contributed by atoms with Gasteiger partial charge in [0, 0.05) is 12.1 Å². The van der Waals surface area contributed by atoms with Crippen LogP contribution in [0, 0.1) is 0 Å². The van der Waals surface area contributed by atoms with E-state index in [1.54, 1.807) is 0 Å². The van der Waals surface area contributed by atoms with Gasteiger partial charge in [0.25, 0.3) is 0 Å². The molecule has 3 rings (SSSR count). The van der Waals surface area contributed by atoms with Crippen molar-refractivity contribution in [3.8, 4) is 0 Å². The molecule has 0 aromatic heterocycles. The van der Waals surface area contributed by atoms with Crippen molar-refractivity contribution in [2.75, 3.05) is 12.4 Å². The number of hydrogen-bond donors (Lipinski definition) is 0. The first-order valence-corrected chi connectivity index (χ1v) is 6.89. The molecule has 1 amide bonds. The Labute approximate surface area is 116 Å². The van der Waals surface area contributed by atoms with E-state index in [-0.39, 0.29) is 5.88 Å². The maximum atomic E-state index is 11.9. The maximum absolute atomic E-state index is 11.9. The molecule has 0 N–H and O–H groups in total. The third-order valence-corrected chi connectivity index (χ3v) is 4.27. The minimum Gasteiger partial charge on any atom is -0.426 e. The molecular weight excluding hydrogens is 266 g/mol. The third-order valence-electron chi connectivity index (χ3n) is 3.91. The van der Waals surface area contributed by atoms with Crippen molar-refractivity contribution in [1.82, 2.24) is 4.90 Å². The molecule has 0 radical (unpaired) electrons. The molecular formula is C14H14ClNO3. The molecule has 1 fully saturated rings. The van der Waals surface area contributed by atoms with Gasteiger partial charge in [-0.1, -0.05) is 19.1 Å². The van der Waals surface area contributed by atoms with E-state index in [1.165, 1.54) is 4.90 Å². The molecule has 1 atom stereocenters. The number of amides is 1. The molecule has 1 unspecified atom stereocenters. The maximum Gasteiger partial charge on any atom is 0.399 e. The molecule has 1 aromatic rings. The van der Waals surface area contributed by atoms with Crippen molar-refractivity contribution in [2.45, 2.75) is 25.5 Å². The minimum atomic E-state index is -1.10. The number of aryl methyl sites for hydroxylation is 1. The molecule has 100 valence electrons. The topological polar surface area (TPSA) is 46.6 Å². The SMILES string of the molecule is CCc1ccc2c(c1)C1(CCl)OC(=O)C(=O)N1CC2. The quantitative estimate of drug-likeness (QED) is 0.469. The molecule has 0 saturated carbocycles. The largest absolute Gasteiger partial charge is 0.426 e.